The molecule has 1 aromatic rings. The van der Waals surface area contributed by atoms with E-state index in [1.54, 1.807) is 29.4 Å². The zero-order valence-electron chi connectivity index (χ0n) is 11.1. The van der Waals surface area contributed by atoms with Gasteiger partial charge in [-0.1, -0.05) is 25.2 Å². The molecule has 1 atom stereocenters. The molecule has 104 valence electrons. The Morgan fingerprint density at radius 1 is 1.47 bits per heavy atom. The molecule has 0 amide bonds. The Morgan fingerprint density at radius 2 is 2.16 bits per heavy atom. The maximum Gasteiger partial charge on any atom is 0.243 e. The largest absolute Gasteiger partial charge is 0.389 e. The molecule has 1 unspecified atom stereocenters. The number of hydrogen-bond donors (Lipinski definition) is 1. The summed E-state index contributed by atoms with van der Waals surface area (Å²) in [4.78, 5) is 0.628. The van der Waals surface area contributed by atoms with Crippen LogP contribution in [0.4, 0.5) is 0 Å². The van der Waals surface area contributed by atoms with Gasteiger partial charge in [-0.2, -0.15) is 4.31 Å². The van der Waals surface area contributed by atoms with E-state index in [0.717, 1.165) is 6.42 Å². The summed E-state index contributed by atoms with van der Waals surface area (Å²) >= 11 is 4.90. The molecular weight excluding hydrogens is 280 g/mol. The third-order valence-corrected chi connectivity index (χ3v) is 5.72. The number of rotatable bonds is 3. The van der Waals surface area contributed by atoms with Crippen LogP contribution in [0.2, 0.25) is 0 Å². The zero-order valence-corrected chi connectivity index (χ0v) is 12.7. The van der Waals surface area contributed by atoms with Crippen molar-refractivity contribution in [3.63, 3.8) is 0 Å². The van der Waals surface area contributed by atoms with E-state index in [-0.39, 0.29) is 4.99 Å². The number of nitrogens with zero attached hydrogens (tertiary/aromatic N) is 1. The summed E-state index contributed by atoms with van der Waals surface area (Å²) in [5.74, 6) is 0.422. The minimum absolute atomic E-state index is 0.279. The Bertz CT molecular complexity index is 611. The monoisotopic (exact) mass is 298 g/mol. The van der Waals surface area contributed by atoms with Crippen LogP contribution in [0.15, 0.2) is 23.1 Å². The van der Waals surface area contributed by atoms with Crippen molar-refractivity contribution < 1.29 is 8.42 Å². The summed E-state index contributed by atoms with van der Waals surface area (Å²) < 4.78 is 26.6. The Morgan fingerprint density at radius 3 is 2.63 bits per heavy atom. The average molecular weight is 298 g/mol. The van der Waals surface area contributed by atoms with E-state index in [0.29, 0.717) is 35.0 Å². The first kappa shape index (κ1) is 14.4. The first-order valence-electron chi connectivity index (χ1n) is 6.23. The molecule has 4 nitrogen and oxygen atoms in total. The summed E-state index contributed by atoms with van der Waals surface area (Å²) in [5, 5.41) is 0. The Balaban J connectivity index is 2.38. The van der Waals surface area contributed by atoms with Crippen LogP contribution in [0, 0.1) is 12.8 Å². The van der Waals surface area contributed by atoms with Gasteiger partial charge in [-0.3, -0.25) is 0 Å². The normalized spacial score (nSPS) is 20.6. The number of thiocarbonyl (C=S) groups is 1. The fourth-order valence-corrected chi connectivity index (χ4v) is 4.25. The van der Waals surface area contributed by atoms with Crippen molar-refractivity contribution in [3.8, 4) is 0 Å². The molecule has 0 radical (unpaired) electrons. The fourth-order valence-electron chi connectivity index (χ4n) is 2.34. The SMILES string of the molecule is Cc1cc(C(N)=S)ccc1S(=O)(=O)N1CCC(C)C1. The van der Waals surface area contributed by atoms with Crippen LogP contribution >= 0.6 is 12.2 Å². The van der Waals surface area contributed by atoms with Gasteiger partial charge in [-0.05, 0) is 37.0 Å². The Hall–Kier alpha value is -0.980. The lowest BCUT2D eigenvalue weighted by Gasteiger charge is -2.18. The van der Waals surface area contributed by atoms with Gasteiger partial charge in [-0.15, -0.1) is 0 Å². The van der Waals surface area contributed by atoms with Crippen molar-refractivity contribution in [1.82, 2.24) is 4.31 Å². The van der Waals surface area contributed by atoms with Gasteiger partial charge in [0.25, 0.3) is 0 Å². The van der Waals surface area contributed by atoms with E-state index in [2.05, 4.69) is 6.92 Å². The van der Waals surface area contributed by atoms with E-state index < -0.39 is 10.0 Å². The highest BCUT2D eigenvalue weighted by atomic mass is 32.2. The third-order valence-electron chi connectivity index (χ3n) is 3.46. The topological polar surface area (TPSA) is 63.4 Å². The van der Waals surface area contributed by atoms with E-state index >= 15 is 0 Å². The predicted octanol–water partition coefficient (Wildman–Crippen LogP) is 1.66. The third kappa shape index (κ3) is 2.80. The molecule has 1 aliphatic rings. The maximum absolute atomic E-state index is 12.5. The maximum atomic E-state index is 12.5. The molecule has 0 saturated carbocycles. The molecule has 2 rings (SSSR count). The van der Waals surface area contributed by atoms with E-state index in [1.807, 2.05) is 0 Å². The van der Waals surface area contributed by atoms with Crippen LogP contribution < -0.4 is 5.73 Å². The van der Waals surface area contributed by atoms with Gasteiger partial charge >= 0.3 is 0 Å². The van der Waals surface area contributed by atoms with Gasteiger partial charge in [-0.25, -0.2) is 8.42 Å². The minimum Gasteiger partial charge on any atom is -0.389 e. The molecule has 1 fully saturated rings. The van der Waals surface area contributed by atoms with Crippen molar-refractivity contribution in [2.45, 2.75) is 25.2 Å². The number of nitrogens with two attached hydrogens (primary N) is 1. The highest BCUT2D eigenvalue weighted by molar-refractivity contribution is 7.89. The lowest BCUT2D eigenvalue weighted by molar-refractivity contribution is 0.464. The van der Waals surface area contributed by atoms with Crippen LogP contribution in [0.25, 0.3) is 0 Å². The van der Waals surface area contributed by atoms with Crippen molar-refractivity contribution in [2.24, 2.45) is 11.7 Å². The zero-order chi connectivity index (χ0) is 14.2. The highest BCUT2D eigenvalue weighted by Crippen LogP contribution is 2.26. The second-order valence-electron chi connectivity index (χ2n) is 5.10. The summed E-state index contributed by atoms with van der Waals surface area (Å²) in [6, 6.07) is 5.00. The quantitative estimate of drug-likeness (QED) is 0.862. The molecule has 19 heavy (non-hydrogen) atoms. The first-order chi connectivity index (χ1) is 8.82. The second-order valence-corrected chi connectivity index (χ2v) is 7.45. The Labute approximate surface area is 119 Å². The van der Waals surface area contributed by atoms with Crippen LogP contribution in [-0.2, 0) is 10.0 Å². The fraction of sp³-hybridized carbons (Fsp3) is 0.462. The van der Waals surface area contributed by atoms with Crippen molar-refractivity contribution in [3.05, 3.63) is 29.3 Å². The van der Waals surface area contributed by atoms with Gasteiger partial charge in [0, 0.05) is 18.7 Å². The second kappa shape index (κ2) is 5.19. The lowest BCUT2D eigenvalue weighted by Crippen LogP contribution is -2.29. The molecule has 1 heterocycles. The average Bonchev–Trinajstić information content (AvgIpc) is 2.76. The predicted molar refractivity (Wildman–Crippen MR) is 79.6 cm³/mol. The molecule has 6 heteroatoms. The van der Waals surface area contributed by atoms with Crippen molar-refractivity contribution in [2.75, 3.05) is 13.1 Å². The molecule has 0 aromatic heterocycles. The number of sulfonamides is 1. The molecule has 1 aromatic carbocycles. The molecule has 1 aliphatic heterocycles. The van der Waals surface area contributed by atoms with E-state index in [4.69, 9.17) is 18.0 Å². The summed E-state index contributed by atoms with van der Waals surface area (Å²) in [5.41, 5.74) is 6.93. The van der Waals surface area contributed by atoms with Crippen LogP contribution in [0.3, 0.4) is 0 Å². The highest BCUT2D eigenvalue weighted by Gasteiger charge is 2.31. The van der Waals surface area contributed by atoms with E-state index in [1.165, 1.54) is 0 Å². The minimum atomic E-state index is -3.40. The summed E-state index contributed by atoms with van der Waals surface area (Å²) in [6.45, 7) is 5.03. The molecular formula is C13H18N2O2S2. The van der Waals surface area contributed by atoms with Gasteiger partial charge in [0.1, 0.15) is 4.99 Å². The first-order valence-corrected chi connectivity index (χ1v) is 8.08. The molecule has 0 bridgehead atoms. The smallest absolute Gasteiger partial charge is 0.243 e. The molecule has 1 saturated heterocycles. The molecule has 2 N–H and O–H groups in total. The van der Waals surface area contributed by atoms with Crippen LogP contribution in [-0.4, -0.2) is 30.8 Å². The van der Waals surface area contributed by atoms with Crippen LogP contribution in [0.1, 0.15) is 24.5 Å². The molecule has 0 spiro atoms. The molecule has 0 aliphatic carbocycles. The Kier molecular flexibility index (Phi) is 3.94. The van der Waals surface area contributed by atoms with Gasteiger partial charge in [0.2, 0.25) is 10.0 Å². The summed E-state index contributed by atoms with van der Waals surface area (Å²) in [7, 11) is -3.40. The van der Waals surface area contributed by atoms with Gasteiger partial charge < -0.3 is 5.73 Å². The standard InChI is InChI=1S/C13H18N2O2S2/c1-9-5-6-15(8-9)19(16,17)12-4-3-11(13(14)18)7-10(12)2/h3-4,7,9H,5-6,8H2,1-2H3,(H2,14,18). The van der Waals surface area contributed by atoms with Gasteiger partial charge in [0.05, 0.1) is 4.90 Å². The van der Waals surface area contributed by atoms with Crippen LogP contribution in [0.5, 0.6) is 0 Å². The summed E-state index contributed by atoms with van der Waals surface area (Å²) in [6.07, 6.45) is 0.920. The van der Waals surface area contributed by atoms with E-state index in [9.17, 15) is 8.42 Å². The van der Waals surface area contributed by atoms with Crippen molar-refractivity contribution in [1.29, 1.82) is 0 Å². The number of aryl methyl sites for hydroxylation is 1. The van der Waals surface area contributed by atoms with Crippen molar-refractivity contribution >= 4 is 27.2 Å². The lowest BCUT2D eigenvalue weighted by atomic mass is 10.1. The van der Waals surface area contributed by atoms with Gasteiger partial charge in [0.15, 0.2) is 0 Å². The number of hydrogen-bond acceptors (Lipinski definition) is 3. The number of benzene rings is 1.